The number of halogens is 2. The number of pyridine rings is 2. The molecule has 4 rings (SSSR count). The van der Waals surface area contributed by atoms with Crippen LogP contribution in [0.5, 0.6) is 0 Å². The number of aryl methyl sites for hydroxylation is 1. The molecule has 0 radical (unpaired) electrons. The van der Waals surface area contributed by atoms with Crippen LogP contribution in [-0.2, 0) is 11.8 Å². The Labute approximate surface area is 177 Å². The zero-order valence-corrected chi connectivity index (χ0v) is 17.2. The molecule has 31 heavy (non-hydrogen) atoms. The first kappa shape index (κ1) is 20.8. The quantitative estimate of drug-likeness (QED) is 0.692. The van der Waals surface area contributed by atoms with Crippen molar-refractivity contribution in [1.82, 2.24) is 9.55 Å². The van der Waals surface area contributed by atoms with Crippen LogP contribution >= 0.6 is 0 Å². The lowest BCUT2D eigenvalue weighted by Crippen LogP contribution is -2.40. The van der Waals surface area contributed by atoms with Gasteiger partial charge in [-0.3, -0.25) is 4.79 Å². The highest BCUT2D eigenvalue weighted by Crippen LogP contribution is 2.30. The Morgan fingerprint density at radius 2 is 2.00 bits per heavy atom. The van der Waals surface area contributed by atoms with E-state index in [1.54, 1.807) is 20.0 Å². The average Bonchev–Trinajstić information content (AvgIpc) is 2.76. The Kier molecular flexibility index (Phi) is 5.57. The highest BCUT2D eigenvalue weighted by atomic mass is 19.1. The number of rotatable bonds is 4. The van der Waals surface area contributed by atoms with Gasteiger partial charge in [-0.1, -0.05) is 6.07 Å². The summed E-state index contributed by atoms with van der Waals surface area (Å²) in [6.07, 6.45) is 1.38. The molecule has 1 N–H and O–H groups in total. The molecular formula is C22H21F2N5O2. The van der Waals surface area contributed by atoms with Crippen LogP contribution in [0.4, 0.5) is 20.3 Å². The molecule has 2 aromatic heterocycles. The molecule has 0 bridgehead atoms. The molecule has 1 aliphatic heterocycles. The molecule has 3 heterocycles. The lowest BCUT2D eigenvalue weighted by Gasteiger charge is -2.29. The number of ether oxygens (including phenoxy) is 1. The largest absolute Gasteiger partial charge is 0.378 e. The summed E-state index contributed by atoms with van der Waals surface area (Å²) in [4.78, 5) is 19.3. The Hall–Kier alpha value is -3.51. The van der Waals surface area contributed by atoms with Crippen molar-refractivity contribution in [3.05, 3.63) is 63.6 Å². The molecule has 9 heteroatoms. The highest BCUT2D eigenvalue weighted by Gasteiger charge is 2.21. The van der Waals surface area contributed by atoms with E-state index < -0.39 is 17.7 Å². The molecule has 0 unspecified atom stereocenters. The number of nitrogens with one attached hydrogen (secondary N) is 1. The summed E-state index contributed by atoms with van der Waals surface area (Å²) in [5, 5.41) is 13.3. The predicted molar refractivity (Wildman–Crippen MR) is 113 cm³/mol. The van der Waals surface area contributed by atoms with Gasteiger partial charge in [0.05, 0.1) is 30.3 Å². The van der Waals surface area contributed by atoms with Crippen molar-refractivity contribution >= 4 is 22.4 Å². The average molecular weight is 425 g/mol. The molecule has 1 aromatic carbocycles. The molecule has 0 amide bonds. The van der Waals surface area contributed by atoms with E-state index in [-0.39, 0.29) is 16.7 Å². The third-order valence-electron chi connectivity index (χ3n) is 5.48. The van der Waals surface area contributed by atoms with E-state index in [1.807, 2.05) is 4.90 Å². The fourth-order valence-electron chi connectivity index (χ4n) is 3.85. The number of morpholine rings is 1. The Morgan fingerprint density at radius 3 is 2.68 bits per heavy atom. The van der Waals surface area contributed by atoms with Crippen molar-refractivity contribution in [2.75, 3.05) is 36.5 Å². The molecule has 7 nitrogen and oxygen atoms in total. The van der Waals surface area contributed by atoms with Gasteiger partial charge >= 0.3 is 0 Å². The van der Waals surface area contributed by atoms with Gasteiger partial charge in [-0.2, -0.15) is 5.26 Å². The van der Waals surface area contributed by atoms with Gasteiger partial charge in [0, 0.05) is 43.4 Å². The second-order valence-electron chi connectivity index (χ2n) is 7.42. The first-order chi connectivity index (χ1) is 14.9. The minimum Gasteiger partial charge on any atom is -0.378 e. The summed E-state index contributed by atoms with van der Waals surface area (Å²) in [7, 11) is 1.61. The van der Waals surface area contributed by atoms with Crippen LogP contribution in [0.3, 0.4) is 0 Å². The second-order valence-corrected chi connectivity index (χ2v) is 7.42. The van der Waals surface area contributed by atoms with E-state index in [0.29, 0.717) is 48.7 Å². The van der Waals surface area contributed by atoms with Crippen LogP contribution in [0.15, 0.2) is 35.3 Å². The van der Waals surface area contributed by atoms with E-state index in [0.717, 1.165) is 6.07 Å². The van der Waals surface area contributed by atoms with Crippen LogP contribution in [-0.4, -0.2) is 35.9 Å². The van der Waals surface area contributed by atoms with Crippen LogP contribution in [0, 0.1) is 23.0 Å². The number of benzene rings is 1. The third kappa shape index (κ3) is 3.82. The zero-order valence-electron chi connectivity index (χ0n) is 17.2. The van der Waals surface area contributed by atoms with Gasteiger partial charge in [-0.15, -0.1) is 0 Å². The molecule has 0 aliphatic carbocycles. The summed E-state index contributed by atoms with van der Waals surface area (Å²) in [5.74, 6) is -0.921. The van der Waals surface area contributed by atoms with Crippen LogP contribution < -0.4 is 15.8 Å². The van der Waals surface area contributed by atoms with Crippen molar-refractivity contribution < 1.29 is 13.5 Å². The van der Waals surface area contributed by atoms with Crippen molar-refractivity contribution in [1.29, 1.82) is 5.26 Å². The summed E-state index contributed by atoms with van der Waals surface area (Å²) >= 11 is 0. The second kappa shape index (κ2) is 8.32. The van der Waals surface area contributed by atoms with Gasteiger partial charge < -0.3 is 19.5 Å². The van der Waals surface area contributed by atoms with Gasteiger partial charge in [-0.25, -0.2) is 13.8 Å². The van der Waals surface area contributed by atoms with Gasteiger partial charge in [0.1, 0.15) is 29.2 Å². The summed E-state index contributed by atoms with van der Waals surface area (Å²) in [6, 6.07) is 6.67. The third-order valence-corrected chi connectivity index (χ3v) is 5.48. The monoisotopic (exact) mass is 425 g/mol. The van der Waals surface area contributed by atoms with Crippen LogP contribution in [0.1, 0.15) is 24.1 Å². The van der Waals surface area contributed by atoms with Gasteiger partial charge in [-0.05, 0) is 19.1 Å². The molecule has 0 saturated carbocycles. The molecular weight excluding hydrogens is 404 g/mol. The van der Waals surface area contributed by atoms with Crippen LogP contribution in [0.25, 0.3) is 10.9 Å². The molecule has 0 spiro atoms. The highest BCUT2D eigenvalue weighted by molar-refractivity contribution is 5.95. The molecule has 1 aliphatic rings. The van der Waals surface area contributed by atoms with E-state index in [2.05, 4.69) is 16.4 Å². The van der Waals surface area contributed by atoms with Crippen molar-refractivity contribution in [2.24, 2.45) is 7.05 Å². The fourth-order valence-corrected chi connectivity index (χ4v) is 3.85. The van der Waals surface area contributed by atoms with Crippen LogP contribution in [0.2, 0.25) is 0 Å². The summed E-state index contributed by atoms with van der Waals surface area (Å²) in [6.45, 7) is 3.92. The van der Waals surface area contributed by atoms with Crippen molar-refractivity contribution in [3.63, 3.8) is 0 Å². The van der Waals surface area contributed by atoms with Crippen molar-refractivity contribution in [2.45, 2.75) is 13.0 Å². The van der Waals surface area contributed by atoms with Gasteiger partial charge in [0.15, 0.2) is 0 Å². The zero-order chi connectivity index (χ0) is 22.1. The summed E-state index contributed by atoms with van der Waals surface area (Å²) < 4.78 is 34.4. The molecule has 1 saturated heterocycles. The maximum absolute atomic E-state index is 14.3. The SMILES string of the molecule is C[C@@H](Nc1ncc(C#N)c2c1cc(N1CCOCC1)c(=O)n2C)c1ccc(F)cc1F. The smallest absolute Gasteiger partial charge is 0.274 e. The molecule has 3 aromatic rings. The van der Waals surface area contributed by atoms with E-state index in [9.17, 15) is 18.8 Å². The van der Waals surface area contributed by atoms with E-state index >= 15 is 0 Å². The maximum Gasteiger partial charge on any atom is 0.274 e. The normalized spacial score (nSPS) is 15.0. The lowest BCUT2D eigenvalue weighted by molar-refractivity contribution is 0.122. The first-order valence-corrected chi connectivity index (χ1v) is 9.87. The minimum absolute atomic E-state index is 0.222. The Balaban J connectivity index is 1.84. The van der Waals surface area contributed by atoms with Crippen molar-refractivity contribution in [3.8, 4) is 6.07 Å². The standard InChI is InChI=1S/C22H21F2N5O2/c1-13(16-4-3-15(23)9-18(16)24)27-21-17-10-19(29-5-7-31-8-6-29)22(30)28(2)20(17)14(11-25)12-26-21/h3-4,9-10,12-13H,5-8H2,1-2H3,(H,26,27)/t13-/m1/s1. The number of nitrogens with zero attached hydrogens (tertiary/aromatic N) is 4. The van der Waals surface area contributed by atoms with Gasteiger partial charge in [0.2, 0.25) is 0 Å². The fraction of sp³-hybridized carbons (Fsp3) is 0.318. The number of anilines is 2. The maximum atomic E-state index is 14.3. The number of nitriles is 1. The topological polar surface area (TPSA) is 83.2 Å². The Morgan fingerprint density at radius 1 is 1.26 bits per heavy atom. The molecule has 1 atom stereocenters. The number of aromatic nitrogens is 2. The van der Waals surface area contributed by atoms with E-state index in [1.165, 1.54) is 22.9 Å². The Bertz CT molecular complexity index is 1250. The minimum atomic E-state index is -0.667. The lowest BCUT2D eigenvalue weighted by atomic mass is 10.1. The summed E-state index contributed by atoms with van der Waals surface area (Å²) in [5.41, 5.74) is 1.24. The molecule has 160 valence electrons. The number of hydrogen-bond acceptors (Lipinski definition) is 6. The van der Waals surface area contributed by atoms with Gasteiger partial charge in [0.25, 0.3) is 5.56 Å². The first-order valence-electron chi connectivity index (χ1n) is 9.87. The number of fused-ring (bicyclic) bond motifs is 1. The van der Waals surface area contributed by atoms with E-state index in [4.69, 9.17) is 4.74 Å². The number of hydrogen-bond donors (Lipinski definition) is 1. The predicted octanol–water partition coefficient (Wildman–Crippen LogP) is 3.09. The molecule has 1 fully saturated rings.